The van der Waals surface area contributed by atoms with Crippen LogP contribution in [0.5, 0.6) is 0 Å². The van der Waals surface area contributed by atoms with E-state index in [4.69, 9.17) is 5.73 Å². The average Bonchev–Trinajstić information content (AvgIpc) is 2.29. The van der Waals surface area contributed by atoms with Crippen molar-refractivity contribution in [2.75, 3.05) is 31.7 Å². The van der Waals surface area contributed by atoms with Crippen LogP contribution < -0.4 is 11.1 Å². The van der Waals surface area contributed by atoms with E-state index in [0.717, 1.165) is 12.2 Å². The summed E-state index contributed by atoms with van der Waals surface area (Å²) in [4.78, 5) is 12.3. The van der Waals surface area contributed by atoms with Crippen molar-refractivity contribution in [1.82, 2.24) is 4.90 Å². The molecule has 1 rings (SSSR count). The molecule has 1 aromatic carbocycles. The lowest BCUT2D eigenvalue weighted by atomic mass is 10.0. The highest BCUT2D eigenvalue weighted by Crippen LogP contribution is 2.25. The lowest BCUT2D eigenvalue weighted by Gasteiger charge is -2.27. The molecule has 0 aliphatic heterocycles. The van der Waals surface area contributed by atoms with Crippen LogP contribution in [0.15, 0.2) is 18.2 Å². The summed E-state index contributed by atoms with van der Waals surface area (Å²) in [5.41, 5.74) is 7.01. The van der Waals surface area contributed by atoms with Crippen LogP contribution in [0.2, 0.25) is 0 Å². The Balaban J connectivity index is 2.88. The van der Waals surface area contributed by atoms with Crippen LogP contribution in [0.4, 0.5) is 17.1 Å². The first-order chi connectivity index (χ1) is 8.81. The number of nitro benzene ring substituents is 1. The van der Waals surface area contributed by atoms with Gasteiger partial charge in [-0.05, 0) is 26.1 Å². The molecule has 0 spiro atoms. The number of nitrogens with two attached hydrogens (primary N) is 1. The predicted octanol–water partition coefficient (Wildman–Crippen LogP) is 2.18. The van der Waals surface area contributed by atoms with E-state index in [0.29, 0.717) is 11.6 Å². The number of nitrogens with one attached hydrogen (secondary N) is 1. The highest BCUT2D eigenvalue weighted by molar-refractivity contribution is 5.69. The summed E-state index contributed by atoms with van der Waals surface area (Å²) in [6, 6.07) is 4.75. The summed E-state index contributed by atoms with van der Waals surface area (Å²) in [6.45, 7) is 5.12. The number of likely N-dealkylation sites (N-methyl/N-ethyl adjacent to an activating group) is 1. The summed E-state index contributed by atoms with van der Waals surface area (Å²) in [5.74, 6) is 0.428. The van der Waals surface area contributed by atoms with Crippen molar-refractivity contribution in [3.8, 4) is 0 Å². The van der Waals surface area contributed by atoms with Gasteiger partial charge < -0.3 is 16.0 Å². The maximum absolute atomic E-state index is 10.7. The number of nitro groups is 1. The second-order valence-electron chi connectivity index (χ2n) is 5.29. The average molecular weight is 266 g/mol. The van der Waals surface area contributed by atoms with E-state index in [9.17, 15) is 10.1 Å². The first kappa shape index (κ1) is 15.2. The number of hydrogen-bond acceptors (Lipinski definition) is 5. The molecule has 0 aliphatic carbocycles. The Morgan fingerprint density at radius 3 is 2.47 bits per heavy atom. The summed E-state index contributed by atoms with van der Waals surface area (Å²) >= 11 is 0. The minimum absolute atomic E-state index is 0.0109. The molecule has 0 amide bonds. The van der Waals surface area contributed by atoms with Crippen molar-refractivity contribution < 1.29 is 4.92 Å². The molecule has 1 unspecified atom stereocenters. The third-order valence-electron chi connectivity index (χ3n) is 2.95. The smallest absolute Gasteiger partial charge is 0.271 e. The molecule has 6 heteroatoms. The topological polar surface area (TPSA) is 84.4 Å². The molecule has 0 radical (unpaired) electrons. The third kappa shape index (κ3) is 4.40. The van der Waals surface area contributed by atoms with Gasteiger partial charge in [0.2, 0.25) is 0 Å². The Bertz CT molecular complexity index is 446. The van der Waals surface area contributed by atoms with E-state index < -0.39 is 4.92 Å². The lowest BCUT2D eigenvalue weighted by Crippen LogP contribution is -2.36. The summed E-state index contributed by atoms with van der Waals surface area (Å²) < 4.78 is 0. The number of nitrogen functional groups attached to an aromatic ring is 1. The third-order valence-corrected chi connectivity index (χ3v) is 2.95. The maximum atomic E-state index is 10.7. The quantitative estimate of drug-likeness (QED) is 0.468. The van der Waals surface area contributed by atoms with Crippen molar-refractivity contribution in [3.63, 3.8) is 0 Å². The monoisotopic (exact) mass is 266 g/mol. The molecule has 3 N–H and O–H groups in total. The molecule has 0 saturated carbocycles. The van der Waals surface area contributed by atoms with Crippen molar-refractivity contribution >= 4 is 17.1 Å². The fourth-order valence-electron chi connectivity index (χ4n) is 1.81. The highest BCUT2D eigenvalue weighted by atomic mass is 16.6. The van der Waals surface area contributed by atoms with Gasteiger partial charge in [0.25, 0.3) is 5.69 Å². The lowest BCUT2D eigenvalue weighted by molar-refractivity contribution is -0.384. The Kier molecular flexibility index (Phi) is 5.11. The fraction of sp³-hybridized carbons (Fsp3) is 0.538. The maximum Gasteiger partial charge on any atom is 0.271 e. The van der Waals surface area contributed by atoms with Crippen LogP contribution in [-0.2, 0) is 0 Å². The minimum atomic E-state index is -0.445. The summed E-state index contributed by atoms with van der Waals surface area (Å²) in [6.07, 6.45) is 0. The molecule has 0 aliphatic rings. The highest BCUT2D eigenvalue weighted by Gasteiger charge is 2.16. The van der Waals surface area contributed by atoms with Crippen LogP contribution >= 0.6 is 0 Å². The zero-order valence-corrected chi connectivity index (χ0v) is 11.9. The van der Waals surface area contributed by atoms with E-state index in [1.54, 1.807) is 6.07 Å². The van der Waals surface area contributed by atoms with Crippen LogP contribution in [0, 0.1) is 16.0 Å². The second kappa shape index (κ2) is 6.38. The normalized spacial score (nSPS) is 12.7. The van der Waals surface area contributed by atoms with E-state index >= 15 is 0 Å². The van der Waals surface area contributed by atoms with Gasteiger partial charge in [-0.2, -0.15) is 0 Å². The SMILES string of the molecule is CC(C)C(CN(C)C)Nc1ccc([N+](=O)[O-])cc1N. The molecular formula is C13H22N4O2. The summed E-state index contributed by atoms with van der Waals surface area (Å²) in [7, 11) is 4.02. The van der Waals surface area contributed by atoms with Crippen molar-refractivity contribution in [3.05, 3.63) is 28.3 Å². The Labute approximate surface area is 113 Å². The molecule has 6 nitrogen and oxygen atoms in total. The molecule has 0 fully saturated rings. The molecule has 19 heavy (non-hydrogen) atoms. The first-order valence-corrected chi connectivity index (χ1v) is 6.26. The van der Waals surface area contributed by atoms with Crippen molar-refractivity contribution in [2.45, 2.75) is 19.9 Å². The summed E-state index contributed by atoms with van der Waals surface area (Å²) in [5, 5.41) is 14.0. The van der Waals surface area contributed by atoms with Gasteiger partial charge in [0.15, 0.2) is 0 Å². The van der Waals surface area contributed by atoms with Gasteiger partial charge in [0, 0.05) is 24.7 Å². The standard InChI is InChI=1S/C13H22N4O2/c1-9(2)13(8-16(3)4)15-12-6-5-10(17(18)19)7-11(12)14/h5-7,9,13,15H,8,14H2,1-4H3. The van der Waals surface area contributed by atoms with Gasteiger partial charge >= 0.3 is 0 Å². The Morgan fingerprint density at radius 2 is 2.05 bits per heavy atom. The number of rotatable bonds is 6. The molecule has 1 aromatic rings. The van der Waals surface area contributed by atoms with Crippen molar-refractivity contribution in [1.29, 1.82) is 0 Å². The number of benzene rings is 1. The number of anilines is 2. The Morgan fingerprint density at radius 1 is 1.42 bits per heavy atom. The van der Waals surface area contributed by atoms with Gasteiger partial charge in [-0.25, -0.2) is 0 Å². The van der Waals surface area contributed by atoms with Gasteiger partial charge in [0.05, 0.1) is 16.3 Å². The zero-order chi connectivity index (χ0) is 14.6. The molecule has 0 aromatic heterocycles. The predicted molar refractivity (Wildman–Crippen MR) is 78.3 cm³/mol. The van der Waals surface area contributed by atoms with Crippen molar-refractivity contribution in [2.24, 2.45) is 5.92 Å². The molecular weight excluding hydrogens is 244 g/mol. The van der Waals surface area contributed by atoms with E-state index in [1.807, 2.05) is 14.1 Å². The molecule has 0 bridgehead atoms. The van der Waals surface area contributed by atoms with Crippen LogP contribution in [0.25, 0.3) is 0 Å². The number of non-ortho nitro benzene ring substituents is 1. The van der Waals surface area contributed by atoms with Gasteiger partial charge in [-0.1, -0.05) is 13.8 Å². The Hall–Kier alpha value is -1.82. The minimum Gasteiger partial charge on any atom is -0.397 e. The van der Waals surface area contributed by atoms with Crippen LogP contribution in [0.3, 0.4) is 0 Å². The molecule has 106 valence electrons. The molecule has 1 atom stereocenters. The van der Waals surface area contributed by atoms with E-state index in [2.05, 4.69) is 24.1 Å². The number of hydrogen-bond donors (Lipinski definition) is 2. The zero-order valence-electron chi connectivity index (χ0n) is 11.9. The van der Waals surface area contributed by atoms with Gasteiger partial charge in [0.1, 0.15) is 0 Å². The number of nitrogens with zero attached hydrogens (tertiary/aromatic N) is 2. The largest absolute Gasteiger partial charge is 0.397 e. The van der Waals surface area contributed by atoms with Crippen LogP contribution in [0.1, 0.15) is 13.8 Å². The van der Waals surface area contributed by atoms with Gasteiger partial charge in [-0.3, -0.25) is 10.1 Å². The first-order valence-electron chi connectivity index (χ1n) is 6.26. The molecule has 0 saturated heterocycles. The molecule has 0 heterocycles. The van der Waals surface area contributed by atoms with Crippen LogP contribution in [-0.4, -0.2) is 36.5 Å². The van der Waals surface area contributed by atoms with Gasteiger partial charge in [-0.15, -0.1) is 0 Å². The fourth-order valence-corrected chi connectivity index (χ4v) is 1.81. The van der Waals surface area contributed by atoms with E-state index in [1.165, 1.54) is 12.1 Å². The van der Waals surface area contributed by atoms with E-state index in [-0.39, 0.29) is 11.7 Å². The second-order valence-corrected chi connectivity index (χ2v) is 5.29.